The second-order valence-electron chi connectivity index (χ2n) is 4.22. The summed E-state index contributed by atoms with van der Waals surface area (Å²) in [5, 5.41) is 3.09. The van der Waals surface area contributed by atoms with Crippen molar-refractivity contribution in [2.75, 3.05) is 11.9 Å². The van der Waals surface area contributed by atoms with Gasteiger partial charge in [-0.3, -0.25) is 4.79 Å². The van der Waals surface area contributed by atoms with Gasteiger partial charge in [-0.1, -0.05) is 20.8 Å². The minimum absolute atomic E-state index is 0.0613. The Kier molecular flexibility index (Phi) is 4.49. The summed E-state index contributed by atoms with van der Waals surface area (Å²) in [5.74, 6) is 1.69. The molecule has 0 spiro atoms. The Labute approximate surface area is 95.5 Å². The number of rotatable bonds is 5. The molecule has 0 saturated heterocycles. The third kappa shape index (κ3) is 3.66. The molecule has 0 amide bonds. The van der Waals surface area contributed by atoms with Crippen molar-refractivity contribution >= 4 is 5.82 Å². The minimum Gasteiger partial charge on any atom is -0.368 e. The van der Waals surface area contributed by atoms with Crippen LogP contribution in [0.15, 0.2) is 10.9 Å². The summed E-state index contributed by atoms with van der Waals surface area (Å²) in [5.41, 5.74) is 5.76. The van der Waals surface area contributed by atoms with Gasteiger partial charge in [0.05, 0.1) is 0 Å². The predicted octanol–water partition coefficient (Wildman–Crippen LogP) is 0.727. The molecular formula is C11H20N4O. The first kappa shape index (κ1) is 12.7. The lowest BCUT2D eigenvalue weighted by Crippen LogP contribution is -2.34. The first-order valence-corrected chi connectivity index (χ1v) is 5.62. The number of H-pyrrole nitrogens is 1. The topological polar surface area (TPSA) is 83.8 Å². The number of aromatic nitrogens is 2. The van der Waals surface area contributed by atoms with Gasteiger partial charge in [0.25, 0.3) is 5.56 Å². The minimum atomic E-state index is -0.132. The molecule has 1 unspecified atom stereocenters. The fourth-order valence-corrected chi connectivity index (χ4v) is 1.22. The zero-order chi connectivity index (χ0) is 12.1. The predicted molar refractivity (Wildman–Crippen MR) is 65.5 cm³/mol. The molecule has 0 aromatic carbocycles. The van der Waals surface area contributed by atoms with E-state index in [2.05, 4.69) is 29.1 Å². The van der Waals surface area contributed by atoms with E-state index < -0.39 is 0 Å². The van der Waals surface area contributed by atoms with Crippen molar-refractivity contribution in [3.05, 3.63) is 22.2 Å². The van der Waals surface area contributed by atoms with Crippen LogP contribution in [0.4, 0.5) is 5.82 Å². The molecule has 16 heavy (non-hydrogen) atoms. The lowest BCUT2D eigenvalue weighted by molar-refractivity contribution is 0.511. The summed E-state index contributed by atoms with van der Waals surface area (Å²) in [7, 11) is 0. The number of nitrogens with one attached hydrogen (secondary N) is 2. The van der Waals surface area contributed by atoms with Gasteiger partial charge in [0.1, 0.15) is 11.6 Å². The van der Waals surface area contributed by atoms with Crippen molar-refractivity contribution in [2.24, 2.45) is 11.7 Å². The average Bonchev–Trinajstić information content (AvgIpc) is 2.24. The van der Waals surface area contributed by atoms with Gasteiger partial charge in [-0.2, -0.15) is 0 Å². The lowest BCUT2D eigenvalue weighted by atomic mass is 10.1. The van der Waals surface area contributed by atoms with E-state index in [-0.39, 0.29) is 11.6 Å². The van der Waals surface area contributed by atoms with Crippen molar-refractivity contribution in [3.63, 3.8) is 0 Å². The number of aromatic amines is 1. The summed E-state index contributed by atoms with van der Waals surface area (Å²) in [6, 6.07) is 1.51. The van der Waals surface area contributed by atoms with E-state index in [9.17, 15) is 4.79 Å². The SMILES string of the molecule is CCc1nc(NCC(N)C(C)C)cc(=O)[nH]1. The van der Waals surface area contributed by atoms with Gasteiger partial charge in [0.2, 0.25) is 0 Å². The molecule has 0 saturated carbocycles. The summed E-state index contributed by atoms with van der Waals surface area (Å²) in [6.45, 7) is 6.70. The monoisotopic (exact) mass is 224 g/mol. The van der Waals surface area contributed by atoms with Crippen LogP contribution in [0, 0.1) is 5.92 Å². The van der Waals surface area contributed by atoms with Gasteiger partial charge >= 0.3 is 0 Å². The third-order valence-electron chi connectivity index (χ3n) is 2.50. The maximum absolute atomic E-state index is 11.3. The van der Waals surface area contributed by atoms with Gasteiger partial charge in [-0.05, 0) is 5.92 Å². The molecule has 1 atom stereocenters. The molecule has 1 aromatic rings. The maximum Gasteiger partial charge on any atom is 0.252 e. The zero-order valence-corrected chi connectivity index (χ0v) is 10.1. The number of hydrogen-bond acceptors (Lipinski definition) is 4. The fourth-order valence-electron chi connectivity index (χ4n) is 1.22. The molecule has 1 aromatic heterocycles. The highest BCUT2D eigenvalue weighted by Crippen LogP contribution is 2.02. The van der Waals surface area contributed by atoms with Gasteiger partial charge in [-0.15, -0.1) is 0 Å². The molecule has 4 N–H and O–H groups in total. The summed E-state index contributed by atoms with van der Waals surface area (Å²) < 4.78 is 0. The normalized spacial score (nSPS) is 12.8. The quantitative estimate of drug-likeness (QED) is 0.688. The molecule has 0 aliphatic heterocycles. The van der Waals surface area contributed by atoms with E-state index in [1.807, 2.05) is 6.92 Å². The largest absolute Gasteiger partial charge is 0.368 e. The molecule has 90 valence electrons. The van der Waals surface area contributed by atoms with E-state index in [4.69, 9.17) is 5.73 Å². The summed E-state index contributed by atoms with van der Waals surface area (Å²) in [4.78, 5) is 18.2. The second kappa shape index (κ2) is 5.65. The Hall–Kier alpha value is -1.36. The second-order valence-corrected chi connectivity index (χ2v) is 4.22. The molecular weight excluding hydrogens is 204 g/mol. The molecule has 5 heteroatoms. The van der Waals surface area contributed by atoms with E-state index in [0.29, 0.717) is 30.5 Å². The Balaban J connectivity index is 2.67. The van der Waals surface area contributed by atoms with Crippen LogP contribution < -0.4 is 16.6 Å². The Morgan fingerprint density at radius 1 is 1.56 bits per heavy atom. The van der Waals surface area contributed by atoms with Gasteiger partial charge in [0, 0.05) is 25.1 Å². The standard InChI is InChI=1S/C11H20N4O/c1-4-9-14-10(5-11(16)15-9)13-6-8(12)7(2)3/h5,7-8H,4,6,12H2,1-3H3,(H2,13,14,15,16). The molecule has 5 nitrogen and oxygen atoms in total. The Morgan fingerprint density at radius 3 is 2.81 bits per heavy atom. The van der Waals surface area contributed by atoms with Gasteiger partial charge < -0.3 is 16.0 Å². The van der Waals surface area contributed by atoms with Crippen LogP contribution in [0.5, 0.6) is 0 Å². The summed E-state index contributed by atoms with van der Waals surface area (Å²) in [6.07, 6.45) is 0.709. The van der Waals surface area contributed by atoms with Crippen molar-refractivity contribution in [2.45, 2.75) is 33.2 Å². The van der Waals surface area contributed by atoms with Crippen LogP contribution in [0.3, 0.4) is 0 Å². The Morgan fingerprint density at radius 2 is 2.25 bits per heavy atom. The van der Waals surface area contributed by atoms with Crippen LogP contribution >= 0.6 is 0 Å². The van der Waals surface area contributed by atoms with E-state index in [1.54, 1.807) is 0 Å². The molecule has 1 rings (SSSR count). The van der Waals surface area contributed by atoms with Crippen LogP contribution in [0.25, 0.3) is 0 Å². The fraction of sp³-hybridized carbons (Fsp3) is 0.636. The number of nitrogens with zero attached hydrogens (tertiary/aromatic N) is 1. The van der Waals surface area contributed by atoms with Crippen molar-refractivity contribution in [1.29, 1.82) is 0 Å². The van der Waals surface area contributed by atoms with E-state index >= 15 is 0 Å². The van der Waals surface area contributed by atoms with Crippen molar-refractivity contribution < 1.29 is 0 Å². The average molecular weight is 224 g/mol. The maximum atomic E-state index is 11.3. The van der Waals surface area contributed by atoms with Gasteiger partial charge in [-0.25, -0.2) is 4.98 Å². The number of nitrogens with two attached hydrogens (primary N) is 1. The van der Waals surface area contributed by atoms with Crippen LogP contribution in [-0.4, -0.2) is 22.6 Å². The van der Waals surface area contributed by atoms with E-state index in [1.165, 1.54) is 6.07 Å². The van der Waals surface area contributed by atoms with Crippen molar-refractivity contribution in [1.82, 2.24) is 9.97 Å². The van der Waals surface area contributed by atoms with Gasteiger partial charge in [0.15, 0.2) is 0 Å². The highest BCUT2D eigenvalue weighted by atomic mass is 16.1. The molecule has 0 radical (unpaired) electrons. The summed E-state index contributed by atoms with van der Waals surface area (Å²) >= 11 is 0. The van der Waals surface area contributed by atoms with Crippen LogP contribution in [0.1, 0.15) is 26.6 Å². The number of anilines is 1. The Bertz CT molecular complexity index is 386. The molecule has 0 aliphatic rings. The third-order valence-corrected chi connectivity index (χ3v) is 2.50. The van der Waals surface area contributed by atoms with Crippen LogP contribution in [-0.2, 0) is 6.42 Å². The molecule has 0 bridgehead atoms. The number of hydrogen-bond donors (Lipinski definition) is 3. The highest BCUT2D eigenvalue weighted by Gasteiger charge is 2.07. The molecule has 0 fully saturated rings. The van der Waals surface area contributed by atoms with Crippen molar-refractivity contribution in [3.8, 4) is 0 Å². The smallest absolute Gasteiger partial charge is 0.252 e. The zero-order valence-electron chi connectivity index (χ0n) is 10.1. The van der Waals surface area contributed by atoms with E-state index in [0.717, 1.165) is 0 Å². The number of aryl methyl sites for hydroxylation is 1. The first-order valence-electron chi connectivity index (χ1n) is 5.62. The molecule has 0 aliphatic carbocycles. The van der Waals surface area contributed by atoms with Crippen LogP contribution in [0.2, 0.25) is 0 Å². The molecule has 1 heterocycles. The lowest BCUT2D eigenvalue weighted by Gasteiger charge is -2.16. The first-order chi connectivity index (χ1) is 7.52. The highest BCUT2D eigenvalue weighted by molar-refractivity contribution is 5.33.